The summed E-state index contributed by atoms with van der Waals surface area (Å²) in [7, 11) is 0.635. The second-order valence-corrected chi connectivity index (χ2v) is 8.82. The number of piperidine rings is 1. The molecule has 0 aromatic heterocycles. The minimum atomic E-state index is -3.70. The first-order valence-corrected chi connectivity index (χ1v) is 10.4. The fourth-order valence-corrected chi connectivity index (χ4v) is 4.15. The Hall–Kier alpha value is -1.64. The van der Waals surface area contributed by atoms with Crippen molar-refractivity contribution < 1.29 is 17.9 Å². The topological polar surface area (TPSA) is 79.0 Å². The Bertz CT molecular complexity index is 726. The van der Waals surface area contributed by atoms with E-state index in [9.17, 15) is 13.2 Å². The van der Waals surface area contributed by atoms with E-state index in [0.29, 0.717) is 24.6 Å². The molecule has 1 aromatic carbocycles. The average molecular weight is 384 g/mol. The van der Waals surface area contributed by atoms with Gasteiger partial charge in [-0.05, 0) is 50.0 Å². The molecule has 0 aliphatic carbocycles. The van der Waals surface area contributed by atoms with Gasteiger partial charge in [-0.2, -0.15) is 0 Å². The third-order valence-electron chi connectivity index (χ3n) is 4.75. The molecule has 1 aliphatic rings. The van der Waals surface area contributed by atoms with Crippen LogP contribution in [0.2, 0.25) is 0 Å². The molecule has 8 heteroatoms. The highest BCUT2D eigenvalue weighted by atomic mass is 32.2. The van der Waals surface area contributed by atoms with E-state index in [1.54, 1.807) is 17.0 Å². The van der Waals surface area contributed by atoms with Crippen LogP contribution in [0.15, 0.2) is 23.1 Å². The predicted octanol–water partition coefficient (Wildman–Crippen LogP) is 1.41. The summed E-state index contributed by atoms with van der Waals surface area (Å²) in [5.74, 6) is 0.684. The second kappa shape index (κ2) is 8.83. The van der Waals surface area contributed by atoms with Crippen molar-refractivity contribution in [1.29, 1.82) is 0 Å². The molecule has 0 atom stereocenters. The van der Waals surface area contributed by atoms with Crippen molar-refractivity contribution in [3.05, 3.63) is 23.8 Å². The van der Waals surface area contributed by atoms with Crippen LogP contribution in [-0.2, 0) is 10.0 Å². The molecule has 1 amide bonds. The second-order valence-electron chi connectivity index (χ2n) is 6.70. The molecule has 0 saturated carbocycles. The van der Waals surface area contributed by atoms with Gasteiger partial charge in [0.25, 0.3) is 5.91 Å². The molecule has 26 heavy (non-hydrogen) atoms. The molecule has 7 nitrogen and oxygen atoms in total. The first kappa shape index (κ1) is 20.7. The first-order valence-electron chi connectivity index (χ1n) is 8.91. The SMILES string of the molecule is CCNCC1CCN(C(=O)c2ccc(OC)c(S(=O)(=O)N(C)C)c2)CC1. The van der Waals surface area contributed by atoms with Gasteiger partial charge in [0.05, 0.1) is 7.11 Å². The van der Waals surface area contributed by atoms with Crippen molar-refractivity contribution in [1.82, 2.24) is 14.5 Å². The minimum Gasteiger partial charge on any atom is -0.495 e. The third-order valence-corrected chi connectivity index (χ3v) is 6.59. The Balaban J connectivity index is 2.18. The molecule has 1 heterocycles. The summed E-state index contributed by atoms with van der Waals surface area (Å²) in [5.41, 5.74) is 0.372. The Labute approximate surface area is 156 Å². The van der Waals surface area contributed by atoms with Gasteiger partial charge in [-0.25, -0.2) is 12.7 Å². The van der Waals surface area contributed by atoms with Gasteiger partial charge in [0.1, 0.15) is 10.6 Å². The largest absolute Gasteiger partial charge is 0.495 e. The predicted molar refractivity (Wildman–Crippen MR) is 101 cm³/mol. The standard InChI is InChI=1S/C18H29N3O4S/c1-5-19-13-14-8-10-21(11-9-14)18(22)15-6-7-16(25-4)17(12-15)26(23,24)20(2)3/h6-7,12,14,19H,5,8-11,13H2,1-4H3. The number of carbonyl (C=O) groups is 1. The van der Waals surface area contributed by atoms with Crippen LogP contribution < -0.4 is 10.1 Å². The molecule has 1 saturated heterocycles. The first-order chi connectivity index (χ1) is 12.3. The van der Waals surface area contributed by atoms with Crippen LogP contribution in [0.4, 0.5) is 0 Å². The van der Waals surface area contributed by atoms with E-state index in [2.05, 4.69) is 12.2 Å². The van der Waals surface area contributed by atoms with Gasteiger partial charge >= 0.3 is 0 Å². The number of hydrogen-bond acceptors (Lipinski definition) is 5. The Morgan fingerprint density at radius 1 is 1.31 bits per heavy atom. The lowest BCUT2D eigenvalue weighted by Gasteiger charge is -2.32. The number of methoxy groups -OCH3 is 1. The fraction of sp³-hybridized carbons (Fsp3) is 0.611. The number of hydrogen-bond donors (Lipinski definition) is 1. The zero-order valence-corrected chi connectivity index (χ0v) is 16.8. The number of benzene rings is 1. The number of ether oxygens (including phenoxy) is 1. The van der Waals surface area contributed by atoms with Gasteiger partial charge in [-0.3, -0.25) is 4.79 Å². The number of rotatable bonds is 7. The summed E-state index contributed by atoms with van der Waals surface area (Å²) < 4.78 is 31.3. The van der Waals surface area contributed by atoms with Crippen molar-refractivity contribution in [3.8, 4) is 5.75 Å². The molecule has 0 bridgehead atoms. The highest BCUT2D eigenvalue weighted by molar-refractivity contribution is 7.89. The van der Waals surface area contributed by atoms with Gasteiger partial charge < -0.3 is 15.0 Å². The molecule has 0 radical (unpaired) electrons. The molecule has 1 fully saturated rings. The highest BCUT2D eigenvalue weighted by Crippen LogP contribution is 2.28. The van der Waals surface area contributed by atoms with Crippen LogP contribution in [-0.4, -0.2) is 70.9 Å². The number of nitrogens with zero attached hydrogens (tertiary/aromatic N) is 2. The number of carbonyl (C=O) groups excluding carboxylic acids is 1. The van der Waals surface area contributed by atoms with Gasteiger partial charge in [0.15, 0.2) is 0 Å². The number of amides is 1. The average Bonchev–Trinajstić information content (AvgIpc) is 2.65. The maximum Gasteiger partial charge on any atom is 0.253 e. The number of nitrogens with one attached hydrogen (secondary N) is 1. The van der Waals surface area contributed by atoms with Crippen molar-refractivity contribution in [2.24, 2.45) is 5.92 Å². The zero-order chi connectivity index (χ0) is 19.3. The van der Waals surface area contributed by atoms with E-state index in [1.807, 2.05) is 0 Å². The Morgan fingerprint density at radius 3 is 2.50 bits per heavy atom. The minimum absolute atomic E-state index is 0.0119. The van der Waals surface area contributed by atoms with Gasteiger partial charge in [-0.15, -0.1) is 0 Å². The summed E-state index contributed by atoms with van der Waals surface area (Å²) in [4.78, 5) is 14.6. The van der Waals surface area contributed by atoms with Crippen LogP contribution in [0, 0.1) is 5.92 Å². The van der Waals surface area contributed by atoms with Gasteiger partial charge in [-0.1, -0.05) is 6.92 Å². The van der Waals surface area contributed by atoms with E-state index in [4.69, 9.17) is 4.74 Å². The number of sulfonamides is 1. The molecule has 2 rings (SSSR count). The summed E-state index contributed by atoms with van der Waals surface area (Å²) in [6, 6.07) is 4.59. The van der Waals surface area contributed by atoms with Crippen LogP contribution in [0.25, 0.3) is 0 Å². The smallest absolute Gasteiger partial charge is 0.253 e. The molecule has 1 aliphatic heterocycles. The van der Waals surface area contributed by atoms with Crippen molar-refractivity contribution in [2.75, 3.05) is 47.4 Å². The summed E-state index contributed by atoms with van der Waals surface area (Å²) in [5, 5.41) is 3.35. The Morgan fingerprint density at radius 2 is 1.96 bits per heavy atom. The molecular weight excluding hydrogens is 354 g/mol. The summed E-state index contributed by atoms with van der Waals surface area (Å²) in [6.45, 7) is 5.40. The Kier molecular flexibility index (Phi) is 7.02. The molecule has 146 valence electrons. The van der Waals surface area contributed by atoms with Crippen molar-refractivity contribution >= 4 is 15.9 Å². The monoisotopic (exact) mass is 383 g/mol. The van der Waals surface area contributed by atoms with Crippen LogP contribution in [0.3, 0.4) is 0 Å². The molecule has 0 spiro atoms. The van der Waals surface area contributed by atoms with Crippen LogP contribution in [0.1, 0.15) is 30.1 Å². The summed E-state index contributed by atoms with van der Waals surface area (Å²) >= 11 is 0. The lowest BCUT2D eigenvalue weighted by Crippen LogP contribution is -2.40. The molecule has 0 unspecified atom stereocenters. The van der Waals surface area contributed by atoms with E-state index < -0.39 is 10.0 Å². The van der Waals surface area contributed by atoms with Crippen LogP contribution in [0.5, 0.6) is 5.75 Å². The van der Waals surface area contributed by atoms with E-state index in [1.165, 1.54) is 27.3 Å². The van der Waals surface area contributed by atoms with E-state index >= 15 is 0 Å². The quantitative estimate of drug-likeness (QED) is 0.770. The van der Waals surface area contributed by atoms with Crippen LogP contribution >= 0.6 is 0 Å². The van der Waals surface area contributed by atoms with Gasteiger partial charge in [0, 0.05) is 32.7 Å². The normalized spacial score (nSPS) is 16.1. The number of likely N-dealkylation sites (tertiary alicyclic amines) is 1. The summed E-state index contributed by atoms with van der Waals surface area (Å²) in [6.07, 6.45) is 1.91. The lowest BCUT2D eigenvalue weighted by atomic mass is 9.96. The maximum absolute atomic E-state index is 12.8. The van der Waals surface area contributed by atoms with Crippen molar-refractivity contribution in [3.63, 3.8) is 0 Å². The lowest BCUT2D eigenvalue weighted by molar-refractivity contribution is 0.0690. The third kappa shape index (κ3) is 4.55. The maximum atomic E-state index is 12.8. The molecular formula is C18H29N3O4S. The van der Waals surface area contributed by atoms with Gasteiger partial charge in [0.2, 0.25) is 10.0 Å². The molecule has 1 aromatic rings. The van der Waals surface area contributed by atoms with E-state index in [-0.39, 0.29) is 16.6 Å². The zero-order valence-electron chi connectivity index (χ0n) is 16.0. The fourth-order valence-electron chi connectivity index (χ4n) is 3.08. The molecule has 1 N–H and O–H groups in total. The van der Waals surface area contributed by atoms with Crippen molar-refractivity contribution in [2.45, 2.75) is 24.7 Å². The highest BCUT2D eigenvalue weighted by Gasteiger charge is 2.27. The van der Waals surface area contributed by atoms with E-state index in [0.717, 1.165) is 30.2 Å².